The number of amides is 1. The minimum atomic E-state index is 0.117. The third kappa shape index (κ3) is 2.58. The Morgan fingerprint density at radius 3 is 2.25 bits per heavy atom. The van der Waals surface area contributed by atoms with Crippen molar-refractivity contribution in [3.8, 4) is 0 Å². The van der Waals surface area contributed by atoms with Crippen LogP contribution in [0.1, 0.15) is 6.92 Å². The van der Waals surface area contributed by atoms with Gasteiger partial charge in [0.1, 0.15) is 0 Å². The van der Waals surface area contributed by atoms with Gasteiger partial charge < -0.3 is 9.80 Å². The first-order valence-corrected chi connectivity index (χ1v) is 5.47. The lowest BCUT2D eigenvalue weighted by atomic mass is 10.3. The highest BCUT2D eigenvalue weighted by atomic mass is 127. The van der Waals surface area contributed by atoms with Crippen LogP contribution in [0, 0.1) is 0 Å². The van der Waals surface area contributed by atoms with Gasteiger partial charge in [-0.1, -0.05) is 22.6 Å². The van der Waals surface area contributed by atoms with Gasteiger partial charge in [0.2, 0.25) is 5.91 Å². The van der Waals surface area contributed by atoms with E-state index in [-0.39, 0.29) is 9.83 Å². The van der Waals surface area contributed by atoms with Crippen LogP contribution < -0.4 is 0 Å². The van der Waals surface area contributed by atoms with Crippen molar-refractivity contribution < 1.29 is 4.79 Å². The lowest BCUT2D eigenvalue weighted by molar-refractivity contribution is -0.131. The van der Waals surface area contributed by atoms with Crippen LogP contribution in [0.2, 0.25) is 0 Å². The maximum atomic E-state index is 11.5. The van der Waals surface area contributed by atoms with Crippen LogP contribution in [0.4, 0.5) is 0 Å². The molecule has 1 aliphatic rings. The molecule has 1 fully saturated rings. The number of rotatable bonds is 1. The third-order valence-corrected chi connectivity index (χ3v) is 2.69. The topological polar surface area (TPSA) is 23.6 Å². The molecule has 0 aromatic rings. The molecule has 70 valence electrons. The van der Waals surface area contributed by atoms with Crippen LogP contribution in [0.15, 0.2) is 0 Å². The van der Waals surface area contributed by atoms with Gasteiger partial charge in [-0.25, -0.2) is 0 Å². The van der Waals surface area contributed by atoms with Gasteiger partial charge in [0.25, 0.3) is 0 Å². The number of piperazine rings is 1. The molecule has 12 heavy (non-hydrogen) atoms. The second kappa shape index (κ2) is 4.41. The van der Waals surface area contributed by atoms with Crippen molar-refractivity contribution >= 4 is 28.5 Å². The molecule has 0 N–H and O–H groups in total. The number of nitrogens with zero attached hydrogens (tertiary/aromatic N) is 2. The summed E-state index contributed by atoms with van der Waals surface area (Å²) in [5.41, 5.74) is 0. The van der Waals surface area contributed by atoms with Gasteiger partial charge in [-0.05, 0) is 14.0 Å². The fourth-order valence-corrected chi connectivity index (χ4v) is 1.67. The predicted molar refractivity (Wildman–Crippen MR) is 57.6 cm³/mol. The molecule has 0 saturated carbocycles. The molecule has 1 atom stereocenters. The highest BCUT2D eigenvalue weighted by molar-refractivity contribution is 14.1. The number of hydrogen-bond acceptors (Lipinski definition) is 2. The average Bonchev–Trinajstić information content (AvgIpc) is 2.04. The molecule has 0 spiro atoms. The van der Waals surface area contributed by atoms with E-state index in [0.29, 0.717) is 0 Å². The zero-order chi connectivity index (χ0) is 9.14. The Bertz CT molecular complexity index is 164. The van der Waals surface area contributed by atoms with Gasteiger partial charge >= 0.3 is 0 Å². The molecule has 1 rings (SSSR count). The molecule has 1 aliphatic heterocycles. The van der Waals surface area contributed by atoms with Crippen LogP contribution in [0.5, 0.6) is 0 Å². The van der Waals surface area contributed by atoms with Crippen LogP contribution in [-0.4, -0.2) is 52.9 Å². The molecule has 0 aliphatic carbocycles. The molecule has 3 nitrogen and oxygen atoms in total. The minimum absolute atomic E-state index is 0.117. The van der Waals surface area contributed by atoms with E-state index >= 15 is 0 Å². The largest absolute Gasteiger partial charge is 0.339 e. The summed E-state index contributed by atoms with van der Waals surface area (Å²) in [6, 6.07) is 0. The van der Waals surface area contributed by atoms with Crippen molar-refractivity contribution in [2.75, 3.05) is 33.2 Å². The lowest BCUT2D eigenvalue weighted by Gasteiger charge is -2.33. The number of likely N-dealkylation sites (N-methyl/N-ethyl adjacent to an activating group) is 1. The monoisotopic (exact) mass is 282 g/mol. The molecule has 1 heterocycles. The van der Waals surface area contributed by atoms with Crippen LogP contribution in [0.3, 0.4) is 0 Å². The maximum absolute atomic E-state index is 11.5. The van der Waals surface area contributed by atoms with Crippen molar-refractivity contribution in [2.24, 2.45) is 0 Å². The Morgan fingerprint density at radius 2 is 1.83 bits per heavy atom. The van der Waals surface area contributed by atoms with E-state index in [9.17, 15) is 4.79 Å². The molecular weight excluding hydrogens is 267 g/mol. The number of hydrogen-bond donors (Lipinski definition) is 0. The van der Waals surface area contributed by atoms with Gasteiger partial charge in [0.05, 0.1) is 3.92 Å². The molecule has 0 radical (unpaired) electrons. The molecule has 4 heteroatoms. The highest BCUT2D eigenvalue weighted by Crippen LogP contribution is 2.07. The SMILES string of the molecule is CC(I)C(=O)N1CCN(C)CC1. The molecule has 1 unspecified atom stereocenters. The fraction of sp³-hybridized carbons (Fsp3) is 0.875. The minimum Gasteiger partial charge on any atom is -0.339 e. The number of halogens is 1. The Labute approximate surface area is 87.2 Å². The van der Waals surface area contributed by atoms with E-state index in [1.165, 1.54) is 0 Å². The number of carbonyl (C=O) groups is 1. The molecule has 1 saturated heterocycles. The summed E-state index contributed by atoms with van der Waals surface area (Å²) in [5, 5.41) is 0. The second-order valence-corrected chi connectivity index (χ2v) is 5.11. The Kier molecular flexibility index (Phi) is 3.77. The van der Waals surface area contributed by atoms with E-state index in [2.05, 4.69) is 34.5 Å². The summed E-state index contributed by atoms with van der Waals surface area (Å²) < 4.78 is 0.117. The van der Waals surface area contributed by atoms with Crippen molar-refractivity contribution in [3.63, 3.8) is 0 Å². The van der Waals surface area contributed by atoms with E-state index in [1.807, 2.05) is 11.8 Å². The lowest BCUT2D eigenvalue weighted by Crippen LogP contribution is -2.48. The van der Waals surface area contributed by atoms with Crippen molar-refractivity contribution in [1.82, 2.24) is 9.80 Å². The van der Waals surface area contributed by atoms with Gasteiger partial charge in [0.15, 0.2) is 0 Å². The Hall–Kier alpha value is 0.160. The van der Waals surface area contributed by atoms with Gasteiger partial charge in [0, 0.05) is 26.2 Å². The Balaban J connectivity index is 2.39. The molecule has 0 aromatic heterocycles. The summed E-state index contributed by atoms with van der Waals surface area (Å²) in [6.07, 6.45) is 0. The first-order chi connectivity index (χ1) is 5.61. The van der Waals surface area contributed by atoms with Crippen LogP contribution in [-0.2, 0) is 4.79 Å². The first kappa shape index (κ1) is 10.2. The van der Waals surface area contributed by atoms with E-state index in [0.717, 1.165) is 26.2 Å². The molecule has 1 amide bonds. The maximum Gasteiger partial charge on any atom is 0.235 e. The highest BCUT2D eigenvalue weighted by Gasteiger charge is 2.21. The summed E-state index contributed by atoms with van der Waals surface area (Å²) in [7, 11) is 2.09. The fourth-order valence-electron chi connectivity index (χ4n) is 1.28. The zero-order valence-corrected chi connectivity index (χ0v) is 9.74. The summed E-state index contributed by atoms with van der Waals surface area (Å²) in [5.74, 6) is 0.281. The molecular formula is C8H15IN2O. The van der Waals surface area contributed by atoms with Crippen molar-refractivity contribution in [3.05, 3.63) is 0 Å². The van der Waals surface area contributed by atoms with Gasteiger partial charge in [-0.3, -0.25) is 4.79 Å². The number of carbonyl (C=O) groups excluding carboxylic acids is 1. The summed E-state index contributed by atoms with van der Waals surface area (Å²) in [4.78, 5) is 15.7. The first-order valence-electron chi connectivity index (χ1n) is 4.22. The van der Waals surface area contributed by atoms with E-state index in [4.69, 9.17) is 0 Å². The standard InChI is InChI=1S/C8H15IN2O/c1-7(9)8(12)11-5-3-10(2)4-6-11/h7H,3-6H2,1-2H3. The summed E-state index contributed by atoms with van der Waals surface area (Å²) in [6.45, 7) is 5.75. The average molecular weight is 282 g/mol. The van der Waals surface area contributed by atoms with Gasteiger partial charge in [-0.2, -0.15) is 0 Å². The van der Waals surface area contributed by atoms with Crippen LogP contribution >= 0.6 is 22.6 Å². The third-order valence-electron chi connectivity index (χ3n) is 2.16. The van der Waals surface area contributed by atoms with Crippen LogP contribution in [0.25, 0.3) is 0 Å². The second-order valence-electron chi connectivity index (χ2n) is 3.24. The number of alkyl halides is 1. The molecule has 0 aromatic carbocycles. The quantitative estimate of drug-likeness (QED) is 0.519. The van der Waals surface area contributed by atoms with Crippen molar-refractivity contribution in [2.45, 2.75) is 10.8 Å². The predicted octanol–water partition coefficient (Wildman–Crippen LogP) is 0.584. The van der Waals surface area contributed by atoms with E-state index in [1.54, 1.807) is 0 Å². The molecule has 0 bridgehead atoms. The van der Waals surface area contributed by atoms with E-state index < -0.39 is 0 Å². The van der Waals surface area contributed by atoms with Gasteiger partial charge in [-0.15, -0.1) is 0 Å². The van der Waals surface area contributed by atoms with Crippen molar-refractivity contribution in [1.29, 1.82) is 0 Å². The summed E-state index contributed by atoms with van der Waals surface area (Å²) >= 11 is 2.17. The smallest absolute Gasteiger partial charge is 0.235 e. The zero-order valence-electron chi connectivity index (χ0n) is 7.59. The normalized spacial score (nSPS) is 22.4. The Morgan fingerprint density at radius 1 is 1.33 bits per heavy atom.